The first kappa shape index (κ1) is 16.0. The predicted octanol–water partition coefficient (Wildman–Crippen LogP) is 4.21. The second-order valence-electron chi connectivity index (χ2n) is 4.42. The van der Waals surface area contributed by atoms with E-state index in [1.165, 1.54) is 6.07 Å². The Kier molecular flexibility index (Phi) is 5.34. The van der Waals surface area contributed by atoms with Crippen molar-refractivity contribution >= 4 is 40.7 Å². The summed E-state index contributed by atoms with van der Waals surface area (Å²) in [6, 6.07) is 10.7. The number of nitrogens with one attached hydrogen (secondary N) is 1. The lowest BCUT2D eigenvalue weighted by Gasteiger charge is -2.11. The van der Waals surface area contributed by atoms with E-state index in [1.54, 1.807) is 0 Å². The first-order valence-electron chi connectivity index (χ1n) is 6.15. The molecule has 0 radical (unpaired) electrons. The van der Waals surface area contributed by atoms with Crippen molar-refractivity contribution in [3.05, 3.63) is 62.6 Å². The molecule has 0 spiro atoms. The van der Waals surface area contributed by atoms with Crippen molar-refractivity contribution in [1.82, 2.24) is 5.32 Å². The van der Waals surface area contributed by atoms with Gasteiger partial charge in [0.25, 0.3) is 0 Å². The smallest absolute Gasteiger partial charge is 0.224 e. The van der Waals surface area contributed by atoms with Crippen molar-refractivity contribution in [3.63, 3.8) is 0 Å². The van der Waals surface area contributed by atoms with Crippen molar-refractivity contribution in [3.8, 4) is 5.75 Å². The molecule has 6 heteroatoms. The molecule has 3 nitrogen and oxygen atoms in total. The number of aromatic hydroxyl groups is 1. The lowest BCUT2D eigenvalue weighted by atomic mass is 10.1. The van der Waals surface area contributed by atoms with Gasteiger partial charge in [0.05, 0.1) is 21.5 Å². The molecule has 0 aliphatic rings. The molecule has 0 aromatic heterocycles. The lowest BCUT2D eigenvalue weighted by molar-refractivity contribution is -0.120. The van der Waals surface area contributed by atoms with Crippen LogP contribution in [0.25, 0.3) is 0 Å². The van der Waals surface area contributed by atoms with Crippen molar-refractivity contribution in [2.75, 3.05) is 0 Å². The summed E-state index contributed by atoms with van der Waals surface area (Å²) in [6.45, 7) is 0.0522. The zero-order valence-corrected chi connectivity index (χ0v) is 13.1. The molecular weight excluding hydrogens is 333 g/mol. The highest BCUT2D eigenvalue weighted by Crippen LogP contribution is 2.38. The summed E-state index contributed by atoms with van der Waals surface area (Å²) in [5.41, 5.74) is 1.20. The van der Waals surface area contributed by atoms with Crippen molar-refractivity contribution < 1.29 is 9.90 Å². The van der Waals surface area contributed by atoms with Crippen LogP contribution in [0.4, 0.5) is 0 Å². The third kappa shape index (κ3) is 4.03. The molecule has 110 valence electrons. The van der Waals surface area contributed by atoms with Gasteiger partial charge in [-0.25, -0.2) is 0 Å². The van der Waals surface area contributed by atoms with Gasteiger partial charge in [-0.15, -0.1) is 0 Å². The summed E-state index contributed by atoms with van der Waals surface area (Å²) >= 11 is 17.7. The molecule has 0 fully saturated rings. The minimum atomic E-state index is -0.187. The summed E-state index contributed by atoms with van der Waals surface area (Å²) in [5.74, 6) is -0.362. The molecule has 0 saturated carbocycles. The molecule has 0 saturated heterocycles. The monoisotopic (exact) mass is 343 g/mol. The van der Waals surface area contributed by atoms with Crippen LogP contribution < -0.4 is 5.32 Å². The van der Waals surface area contributed by atoms with Gasteiger partial charge in [-0.2, -0.15) is 0 Å². The number of hydrogen-bond donors (Lipinski definition) is 2. The van der Waals surface area contributed by atoms with E-state index in [-0.39, 0.29) is 39.7 Å². The summed E-state index contributed by atoms with van der Waals surface area (Å²) in [5, 5.41) is 13.1. The van der Waals surface area contributed by atoms with Crippen LogP contribution >= 0.6 is 34.8 Å². The normalized spacial score (nSPS) is 10.4. The summed E-state index contributed by atoms with van der Waals surface area (Å²) in [6.07, 6.45) is 0.244. The highest BCUT2D eigenvalue weighted by Gasteiger charge is 2.15. The highest BCUT2D eigenvalue weighted by atomic mass is 35.5. The minimum Gasteiger partial charge on any atom is -0.506 e. The second kappa shape index (κ2) is 7.03. The fourth-order valence-electron chi connectivity index (χ4n) is 1.83. The molecule has 0 unspecified atom stereocenters. The summed E-state index contributed by atoms with van der Waals surface area (Å²) in [7, 11) is 0. The molecule has 0 aliphatic carbocycles. The van der Waals surface area contributed by atoms with Gasteiger partial charge in [0, 0.05) is 12.1 Å². The SMILES string of the molecule is O=C(Cc1ccccc1)NCc1c(O)c(Cl)cc(Cl)c1Cl. The van der Waals surface area contributed by atoms with Gasteiger partial charge in [-0.1, -0.05) is 65.1 Å². The molecule has 0 bridgehead atoms. The van der Waals surface area contributed by atoms with Crippen LogP contribution in [0.15, 0.2) is 36.4 Å². The molecule has 2 aromatic rings. The summed E-state index contributed by atoms with van der Waals surface area (Å²) in [4.78, 5) is 11.9. The molecule has 0 heterocycles. The lowest BCUT2D eigenvalue weighted by Crippen LogP contribution is -2.24. The maximum absolute atomic E-state index is 11.9. The van der Waals surface area contributed by atoms with Gasteiger partial charge in [-0.05, 0) is 11.6 Å². The molecule has 2 aromatic carbocycles. The number of hydrogen-bond acceptors (Lipinski definition) is 2. The van der Waals surface area contributed by atoms with Crippen molar-refractivity contribution in [2.45, 2.75) is 13.0 Å². The van der Waals surface area contributed by atoms with Crippen LogP contribution in [0.3, 0.4) is 0 Å². The first-order chi connectivity index (χ1) is 9.99. The number of rotatable bonds is 4. The maximum Gasteiger partial charge on any atom is 0.224 e. The number of carbonyl (C=O) groups is 1. The van der Waals surface area contributed by atoms with Gasteiger partial charge in [0.1, 0.15) is 5.75 Å². The molecule has 21 heavy (non-hydrogen) atoms. The fourth-order valence-corrected chi connectivity index (χ4v) is 2.54. The van der Waals surface area contributed by atoms with Gasteiger partial charge >= 0.3 is 0 Å². The average molecular weight is 345 g/mol. The predicted molar refractivity (Wildman–Crippen MR) is 85.1 cm³/mol. The standard InChI is InChI=1S/C15H12Cl3NO2/c16-11-7-12(17)15(21)10(14(11)18)8-19-13(20)6-9-4-2-1-3-5-9/h1-5,7,21H,6,8H2,(H,19,20). The number of carbonyl (C=O) groups excluding carboxylic acids is 1. The van der Waals surface area contributed by atoms with E-state index in [0.29, 0.717) is 5.56 Å². The van der Waals surface area contributed by atoms with E-state index in [1.807, 2.05) is 30.3 Å². The molecular formula is C15H12Cl3NO2. The van der Waals surface area contributed by atoms with Gasteiger partial charge < -0.3 is 10.4 Å². The Hall–Kier alpha value is -1.42. The Morgan fingerprint density at radius 3 is 2.43 bits per heavy atom. The van der Waals surface area contributed by atoms with E-state index in [2.05, 4.69) is 5.32 Å². The van der Waals surface area contributed by atoms with Crippen molar-refractivity contribution in [2.24, 2.45) is 0 Å². The van der Waals surface area contributed by atoms with Crippen LogP contribution in [-0.4, -0.2) is 11.0 Å². The molecule has 2 N–H and O–H groups in total. The average Bonchev–Trinajstić information content (AvgIpc) is 2.46. The molecule has 0 atom stereocenters. The van der Waals surface area contributed by atoms with Crippen LogP contribution in [0.2, 0.25) is 15.1 Å². The fraction of sp³-hybridized carbons (Fsp3) is 0.133. The Labute approximate surface area is 137 Å². The quantitative estimate of drug-likeness (QED) is 0.816. The van der Waals surface area contributed by atoms with Crippen molar-refractivity contribution in [1.29, 1.82) is 0 Å². The van der Waals surface area contributed by atoms with E-state index < -0.39 is 0 Å². The zero-order chi connectivity index (χ0) is 15.4. The zero-order valence-electron chi connectivity index (χ0n) is 10.9. The van der Waals surface area contributed by atoms with Crippen LogP contribution in [-0.2, 0) is 17.8 Å². The Morgan fingerprint density at radius 2 is 1.76 bits per heavy atom. The third-order valence-corrected chi connectivity index (χ3v) is 4.02. The van der Waals surface area contributed by atoms with Crippen LogP contribution in [0, 0.1) is 0 Å². The number of benzene rings is 2. The van der Waals surface area contributed by atoms with E-state index in [9.17, 15) is 9.90 Å². The van der Waals surface area contributed by atoms with Crippen LogP contribution in [0.5, 0.6) is 5.75 Å². The minimum absolute atomic E-state index is 0.0522. The maximum atomic E-state index is 11.9. The van der Waals surface area contributed by atoms with E-state index in [0.717, 1.165) is 5.56 Å². The topological polar surface area (TPSA) is 49.3 Å². The molecule has 0 aliphatic heterocycles. The van der Waals surface area contributed by atoms with Gasteiger partial charge in [0.2, 0.25) is 5.91 Å². The largest absolute Gasteiger partial charge is 0.506 e. The molecule has 1 amide bonds. The Bertz CT molecular complexity index is 633. The first-order valence-corrected chi connectivity index (χ1v) is 7.28. The van der Waals surface area contributed by atoms with Crippen LogP contribution in [0.1, 0.15) is 11.1 Å². The molecule has 2 rings (SSSR count). The number of halogens is 3. The third-order valence-electron chi connectivity index (χ3n) is 2.91. The Morgan fingerprint density at radius 1 is 1.10 bits per heavy atom. The second-order valence-corrected chi connectivity index (χ2v) is 5.61. The van der Waals surface area contributed by atoms with Gasteiger partial charge in [-0.3, -0.25) is 4.79 Å². The van der Waals surface area contributed by atoms with E-state index >= 15 is 0 Å². The number of phenolic OH excluding ortho intramolecular Hbond substituents is 1. The Balaban J connectivity index is 2.05. The highest BCUT2D eigenvalue weighted by molar-refractivity contribution is 6.44. The van der Waals surface area contributed by atoms with E-state index in [4.69, 9.17) is 34.8 Å². The number of amides is 1. The van der Waals surface area contributed by atoms with Gasteiger partial charge in [0.15, 0.2) is 0 Å². The summed E-state index contributed by atoms with van der Waals surface area (Å²) < 4.78 is 0. The number of phenols is 1.